The monoisotopic (exact) mass is 325 g/mol. The molecule has 1 unspecified atom stereocenters. The van der Waals surface area contributed by atoms with Crippen LogP contribution in [0.5, 0.6) is 0 Å². The number of H-pyrrole nitrogens is 1. The van der Waals surface area contributed by atoms with Crippen LogP contribution in [-0.2, 0) is 12.8 Å². The summed E-state index contributed by atoms with van der Waals surface area (Å²) < 4.78 is 0. The normalized spacial score (nSPS) is 16.3. The van der Waals surface area contributed by atoms with Gasteiger partial charge in [-0.15, -0.1) is 0 Å². The van der Waals surface area contributed by atoms with E-state index >= 15 is 0 Å². The average molecular weight is 326 g/mol. The maximum absolute atomic E-state index is 12.1. The molecule has 3 aromatic rings. The van der Waals surface area contributed by atoms with Gasteiger partial charge in [0.05, 0.1) is 0 Å². The highest BCUT2D eigenvalue weighted by Crippen LogP contribution is 2.29. The van der Waals surface area contributed by atoms with Gasteiger partial charge in [0, 0.05) is 39.8 Å². The zero-order chi connectivity index (χ0) is 15.8. The molecule has 1 aromatic heterocycles. The van der Waals surface area contributed by atoms with Crippen LogP contribution in [0.15, 0.2) is 48.5 Å². The summed E-state index contributed by atoms with van der Waals surface area (Å²) in [5.74, 6) is 0. The van der Waals surface area contributed by atoms with Crippen molar-refractivity contribution in [3.05, 3.63) is 64.8 Å². The quantitative estimate of drug-likeness (QED) is 0.652. The van der Waals surface area contributed by atoms with Crippen LogP contribution in [0.1, 0.15) is 11.3 Å². The van der Waals surface area contributed by atoms with E-state index < -0.39 is 0 Å². The van der Waals surface area contributed by atoms with Crippen molar-refractivity contribution in [2.45, 2.75) is 18.9 Å². The van der Waals surface area contributed by atoms with E-state index in [1.807, 2.05) is 12.1 Å². The van der Waals surface area contributed by atoms with E-state index in [2.05, 4.69) is 27.8 Å². The second-order valence-corrected chi connectivity index (χ2v) is 6.27. The lowest BCUT2D eigenvalue weighted by Gasteiger charge is -2.13. The standard InChI is InChI=1S/C18H16ClN3O/c19-11-5-7-12(8-6-11)20-18(23)21-13-9-15-14-3-1-2-4-16(14)22-17(15)10-13/h1-8,13,22H,9-10H2,(H2,20,21,23). The molecule has 23 heavy (non-hydrogen) atoms. The molecule has 2 aromatic carbocycles. The van der Waals surface area contributed by atoms with Crippen molar-refractivity contribution in [2.75, 3.05) is 5.32 Å². The minimum Gasteiger partial charge on any atom is -0.358 e. The Balaban J connectivity index is 1.42. The summed E-state index contributed by atoms with van der Waals surface area (Å²) in [5, 5.41) is 7.77. The van der Waals surface area contributed by atoms with Crippen molar-refractivity contribution < 1.29 is 4.79 Å². The molecule has 0 bridgehead atoms. The number of hydrogen-bond acceptors (Lipinski definition) is 1. The molecule has 0 saturated heterocycles. The third-order valence-corrected chi connectivity index (χ3v) is 4.49. The number of aromatic amines is 1. The Morgan fingerprint density at radius 3 is 2.70 bits per heavy atom. The predicted octanol–water partition coefficient (Wildman–Crippen LogP) is 4.11. The Morgan fingerprint density at radius 1 is 1.09 bits per heavy atom. The van der Waals surface area contributed by atoms with Crippen molar-refractivity contribution in [3.63, 3.8) is 0 Å². The van der Waals surface area contributed by atoms with Crippen molar-refractivity contribution in [2.24, 2.45) is 0 Å². The van der Waals surface area contributed by atoms with E-state index in [4.69, 9.17) is 11.6 Å². The van der Waals surface area contributed by atoms with Crippen molar-refractivity contribution >= 4 is 34.2 Å². The molecule has 116 valence electrons. The summed E-state index contributed by atoms with van der Waals surface area (Å²) in [6.07, 6.45) is 1.69. The number of nitrogens with one attached hydrogen (secondary N) is 3. The van der Waals surface area contributed by atoms with Crippen molar-refractivity contribution in [1.82, 2.24) is 10.3 Å². The summed E-state index contributed by atoms with van der Waals surface area (Å²) in [5.41, 5.74) is 4.44. The van der Waals surface area contributed by atoms with E-state index in [1.54, 1.807) is 24.3 Å². The van der Waals surface area contributed by atoms with E-state index in [0.717, 1.165) is 18.5 Å². The number of rotatable bonds is 2. The zero-order valence-corrected chi connectivity index (χ0v) is 13.2. The van der Waals surface area contributed by atoms with Crippen LogP contribution >= 0.6 is 11.6 Å². The van der Waals surface area contributed by atoms with Crippen molar-refractivity contribution in [1.29, 1.82) is 0 Å². The van der Waals surface area contributed by atoms with Crippen LogP contribution in [0.4, 0.5) is 10.5 Å². The molecule has 3 N–H and O–H groups in total. The maximum atomic E-state index is 12.1. The number of amides is 2. The van der Waals surface area contributed by atoms with Gasteiger partial charge < -0.3 is 15.6 Å². The van der Waals surface area contributed by atoms with Gasteiger partial charge in [0.15, 0.2) is 0 Å². The first-order chi connectivity index (χ1) is 11.2. The van der Waals surface area contributed by atoms with Crippen LogP contribution in [0.3, 0.4) is 0 Å². The summed E-state index contributed by atoms with van der Waals surface area (Å²) in [6.45, 7) is 0. The minimum absolute atomic E-state index is 0.119. The molecule has 0 radical (unpaired) electrons. The number of para-hydroxylation sites is 1. The average Bonchev–Trinajstić information content (AvgIpc) is 3.06. The van der Waals surface area contributed by atoms with Gasteiger partial charge in [0.1, 0.15) is 0 Å². The van der Waals surface area contributed by atoms with Gasteiger partial charge in [-0.1, -0.05) is 29.8 Å². The van der Waals surface area contributed by atoms with Crippen LogP contribution < -0.4 is 10.6 Å². The van der Waals surface area contributed by atoms with Gasteiger partial charge in [-0.2, -0.15) is 0 Å². The Kier molecular flexibility index (Phi) is 3.46. The smallest absolute Gasteiger partial charge is 0.319 e. The molecule has 1 atom stereocenters. The highest BCUT2D eigenvalue weighted by Gasteiger charge is 2.26. The number of halogens is 1. The lowest BCUT2D eigenvalue weighted by Crippen LogP contribution is -2.38. The van der Waals surface area contributed by atoms with Gasteiger partial charge in [-0.3, -0.25) is 0 Å². The summed E-state index contributed by atoms with van der Waals surface area (Å²) in [7, 11) is 0. The molecule has 1 aliphatic rings. The van der Waals surface area contributed by atoms with E-state index in [-0.39, 0.29) is 12.1 Å². The number of urea groups is 1. The molecule has 0 saturated carbocycles. The van der Waals surface area contributed by atoms with E-state index in [1.165, 1.54) is 22.2 Å². The molecule has 0 spiro atoms. The largest absolute Gasteiger partial charge is 0.358 e. The second-order valence-electron chi connectivity index (χ2n) is 5.84. The fourth-order valence-corrected chi connectivity index (χ4v) is 3.34. The maximum Gasteiger partial charge on any atom is 0.319 e. The fourth-order valence-electron chi connectivity index (χ4n) is 3.22. The number of carbonyl (C=O) groups excluding carboxylic acids is 1. The summed E-state index contributed by atoms with van der Waals surface area (Å²) in [6, 6.07) is 15.3. The number of hydrogen-bond donors (Lipinski definition) is 3. The molecule has 0 fully saturated rings. The lowest BCUT2D eigenvalue weighted by molar-refractivity contribution is 0.249. The molecule has 1 aliphatic carbocycles. The van der Waals surface area contributed by atoms with Crippen LogP contribution in [0, 0.1) is 0 Å². The minimum atomic E-state index is -0.188. The number of fused-ring (bicyclic) bond motifs is 3. The van der Waals surface area contributed by atoms with Crippen LogP contribution in [0.2, 0.25) is 5.02 Å². The number of carbonyl (C=O) groups is 1. The molecule has 2 amide bonds. The third kappa shape index (κ3) is 2.78. The molecule has 1 heterocycles. The Labute approximate surface area is 138 Å². The first-order valence-corrected chi connectivity index (χ1v) is 7.98. The number of anilines is 1. The fraction of sp³-hybridized carbons (Fsp3) is 0.167. The molecule has 4 nitrogen and oxygen atoms in total. The van der Waals surface area contributed by atoms with Crippen LogP contribution in [-0.4, -0.2) is 17.1 Å². The van der Waals surface area contributed by atoms with Gasteiger partial charge in [-0.05, 0) is 42.3 Å². The SMILES string of the molecule is O=C(Nc1ccc(Cl)cc1)NC1Cc2[nH]c3ccccc3c2C1. The number of aromatic nitrogens is 1. The topological polar surface area (TPSA) is 56.9 Å². The van der Waals surface area contributed by atoms with Gasteiger partial charge in [-0.25, -0.2) is 4.79 Å². The zero-order valence-electron chi connectivity index (χ0n) is 12.4. The summed E-state index contributed by atoms with van der Waals surface area (Å²) in [4.78, 5) is 15.6. The van der Waals surface area contributed by atoms with E-state index in [9.17, 15) is 4.79 Å². The molecular formula is C18H16ClN3O. The van der Waals surface area contributed by atoms with E-state index in [0.29, 0.717) is 5.02 Å². The number of benzene rings is 2. The van der Waals surface area contributed by atoms with Crippen LogP contribution in [0.25, 0.3) is 10.9 Å². The highest BCUT2D eigenvalue weighted by molar-refractivity contribution is 6.30. The Hall–Kier alpha value is -2.46. The second kappa shape index (κ2) is 5.63. The van der Waals surface area contributed by atoms with Gasteiger partial charge in [0.2, 0.25) is 0 Å². The Bertz CT molecular complexity index is 870. The first-order valence-electron chi connectivity index (χ1n) is 7.60. The molecular weight excluding hydrogens is 310 g/mol. The van der Waals surface area contributed by atoms with Crippen molar-refractivity contribution in [3.8, 4) is 0 Å². The summed E-state index contributed by atoms with van der Waals surface area (Å²) >= 11 is 5.84. The molecule has 5 heteroatoms. The highest BCUT2D eigenvalue weighted by atomic mass is 35.5. The molecule has 0 aliphatic heterocycles. The first kappa shape index (κ1) is 14.2. The third-order valence-electron chi connectivity index (χ3n) is 4.24. The predicted molar refractivity (Wildman–Crippen MR) is 93.1 cm³/mol. The van der Waals surface area contributed by atoms with Gasteiger partial charge in [0.25, 0.3) is 0 Å². The lowest BCUT2D eigenvalue weighted by atomic mass is 10.1. The van der Waals surface area contributed by atoms with Gasteiger partial charge >= 0.3 is 6.03 Å². The molecule has 4 rings (SSSR count). The Morgan fingerprint density at radius 2 is 1.87 bits per heavy atom.